The molecule has 0 fully saturated rings. The van der Waals surface area contributed by atoms with Crippen LogP contribution in [0.2, 0.25) is 0 Å². The maximum absolute atomic E-state index is 9.38. The van der Waals surface area contributed by atoms with Crippen LogP contribution in [0.1, 0.15) is 36.1 Å². The van der Waals surface area contributed by atoms with E-state index < -0.39 is 0 Å². The molecule has 0 amide bonds. The van der Waals surface area contributed by atoms with Crippen molar-refractivity contribution in [2.75, 3.05) is 4.90 Å². The Balaban J connectivity index is 1.70. The average molecular weight is 488 g/mol. The lowest BCUT2D eigenvalue weighted by atomic mass is 9.73. The fourth-order valence-electron chi connectivity index (χ4n) is 5.61. The minimum atomic E-state index is -0.165. The van der Waals surface area contributed by atoms with Crippen molar-refractivity contribution in [1.82, 2.24) is 0 Å². The molecule has 6 rings (SSSR count). The lowest BCUT2D eigenvalue weighted by molar-refractivity contribution is 0.632. The summed E-state index contributed by atoms with van der Waals surface area (Å²) in [6.45, 7) is 4.58. The molecule has 0 saturated heterocycles. The second-order valence-electron chi connectivity index (χ2n) is 10.1. The molecule has 3 nitrogen and oxygen atoms in total. The van der Waals surface area contributed by atoms with E-state index in [1.54, 1.807) is 0 Å². The Hall–Kier alpha value is -5.12. The molecule has 0 atom stereocenters. The molecule has 5 aromatic carbocycles. The summed E-state index contributed by atoms with van der Waals surface area (Å²) >= 11 is 0. The van der Waals surface area contributed by atoms with Crippen molar-refractivity contribution in [2.24, 2.45) is 0 Å². The first-order chi connectivity index (χ1) is 18.5. The summed E-state index contributed by atoms with van der Waals surface area (Å²) in [7, 11) is 0. The Morgan fingerprint density at radius 1 is 0.526 bits per heavy atom. The molecule has 0 aliphatic carbocycles. The monoisotopic (exact) mass is 487 g/mol. The summed E-state index contributed by atoms with van der Waals surface area (Å²) in [5.74, 6) is 0. The Labute approximate surface area is 223 Å². The molecule has 38 heavy (non-hydrogen) atoms. The summed E-state index contributed by atoms with van der Waals surface area (Å²) in [4.78, 5) is 2.39. The normalized spacial score (nSPS) is 13.1. The topological polar surface area (TPSA) is 50.8 Å². The van der Waals surface area contributed by atoms with Crippen molar-refractivity contribution >= 4 is 17.1 Å². The third kappa shape index (κ3) is 3.65. The summed E-state index contributed by atoms with van der Waals surface area (Å²) in [6.07, 6.45) is 0. The van der Waals surface area contributed by atoms with Gasteiger partial charge in [-0.15, -0.1) is 0 Å². The lowest BCUT2D eigenvalue weighted by Crippen LogP contribution is -2.31. The Kier molecular flexibility index (Phi) is 5.56. The van der Waals surface area contributed by atoms with Gasteiger partial charge in [0, 0.05) is 16.5 Å². The fraction of sp³-hybridized carbons (Fsp3) is 0.0857. The van der Waals surface area contributed by atoms with Gasteiger partial charge in [0.1, 0.15) is 0 Å². The van der Waals surface area contributed by atoms with Gasteiger partial charge in [0.25, 0.3) is 0 Å². The van der Waals surface area contributed by atoms with Crippen molar-refractivity contribution in [3.63, 3.8) is 0 Å². The maximum Gasteiger partial charge on any atom is 0.0991 e. The van der Waals surface area contributed by atoms with Gasteiger partial charge in [-0.05, 0) is 58.7 Å². The van der Waals surface area contributed by atoms with Crippen LogP contribution in [-0.4, -0.2) is 0 Å². The second kappa shape index (κ2) is 9.07. The fourth-order valence-corrected chi connectivity index (χ4v) is 5.61. The van der Waals surface area contributed by atoms with E-state index >= 15 is 0 Å². The van der Waals surface area contributed by atoms with Crippen molar-refractivity contribution < 1.29 is 0 Å². The van der Waals surface area contributed by atoms with Gasteiger partial charge in [0.15, 0.2) is 0 Å². The highest BCUT2D eigenvalue weighted by atomic mass is 15.2. The van der Waals surface area contributed by atoms with Crippen LogP contribution < -0.4 is 4.90 Å². The molecule has 0 spiro atoms. The number of anilines is 3. The van der Waals surface area contributed by atoms with Gasteiger partial charge in [0.2, 0.25) is 0 Å². The second-order valence-corrected chi connectivity index (χ2v) is 10.1. The minimum absolute atomic E-state index is 0.165. The van der Waals surface area contributed by atoms with Crippen molar-refractivity contribution in [3.05, 3.63) is 138 Å². The average Bonchev–Trinajstić information content (AvgIpc) is 2.97. The van der Waals surface area contributed by atoms with Crippen molar-refractivity contribution in [1.29, 1.82) is 10.5 Å². The van der Waals surface area contributed by atoms with Gasteiger partial charge in [-0.3, -0.25) is 0 Å². The van der Waals surface area contributed by atoms with E-state index in [0.717, 1.165) is 39.3 Å². The van der Waals surface area contributed by atoms with Crippen LogP contribution in [0.15, 0.2) is 115 Å². The SMILES string of the molecule is CC1(C)c2ccccc2N(c2c(-c3ccc(C#N)cc3)cccc2-c2ccc(C#N)cc2)c2ccccc21. The summed E-state index contributed by atoms with van der Waals surface area (Å²) in [5, 5.41) is 18.8. The van der Waals surface area contributed by atoms with Crippen LogP contribution >= 0.6 is 0 Å². The number of hydrogen-bond acceptors (Lipinski definition) is 3. The molecule has 3 heteroatoms. The number of hydrogen-bond donors (Lipinski definition) is 0. The van der Waals surface area contributed by atoms with Crippen molar-refractivity contribution in [3.8, 4) is 34.4 Å². The zero-order valence-electron chi connectivity index (χ0n) is 21.3. The molecule has 0 bridgehead atoms. The molecular formula is C35H25N3. The van der Waals surface area contributed by atoms with E-state index in [2.05, 4.69) is 97.6 Å². The van der Waals surface area contributed by atoms with Crippen LogP contribution in [0.3, 0.4) is 0 Å². The number of fused-ring (bicyclic) bond motifs is 2. The molecule has 5 aromatic rings. The highest BCUT2D eigenvalue weighted by Crippen LogP contribution is 2.55. The van der Waals surface area contributed by atoms with E-state index in [1.807, 2.05) is 48.5 Å². The number of para-hydroxylation sites is 3. The summed E-state index contributed by atoms with van der Waals surface area (Å²) < 4.78 is 0. The molecule has 1 heterocycles. The van der Waals surface area contributed by atoms with Crippen molar-refractivity contribution in [2.45, 2.75) is 19.3 Å². The van der Waals surface area contributed by atoms with E-state index in [0.29, 0.717) is 11.1 Å². The third-order valence-corrected chi connectivity index (χ3v) is 7.55. The largest absolute Gasteiger partial charge is 0.309 e. The molecule has 180 valence electrons. The predicted octanol–water partition coefficient (Wildman–Crippen LogP) is 8.87. The van der Waals surface area contributed by atoms with Crippen LogP contribution in [0, 0.1) is 22.7 Å². The molecule has 1 aliphatic rings. The van der Waals surface area contributed by atoms with E-state index in [9.17, 15) is 10.5 Å². The molecule has 0 unspecified atom stereocenters. The quantitative estimate of drug-likeness (QED) is 0.255. The van der Waals surface area contributed by atoms with Gasteiger partial charge >= 0.3 is 0 Å². The smallest absolute Gasteiger partial charge is 0.0991 e. The highest BCUT2D eigenvalue weighted by Gasteiger charge is 2.37. The first-order valence-electron chi connectivity index (χ1n) is 12.7. The van der Waals surface area contributed by atoms with E-state index in [4.69, 9.17) is 0 Å². The van der Waals surface area contributed by atoms with Crippen LogP contribution in [-0.2, 0) is 5.41 Å². The van der Waals surface area contributed by atoms with Crippen LogP contribution in [0.4, 0.5) is 17.1 Å². The molecule has 1 aliphatic heterocycles. The van der Waals surface area contributed by atoms with E-state index in [-0.39, 0.29) is 5.41 Å². The third-order valence-electron chi connectivity index (χ3n) is 7.55. The number of nitrogens with zero attached hydrogens (tertiary/aromatic N) is 3. The Morgan fingerprint density at radius 2 is 0.947 bits per heavy atom. The number of rotatable bonds is 3. The first-order valence-corrected chi connectivity index (χ1v) is 12.7. The summed E-state index contributed by atoms with van der Waals surface area (Å²) in [5.41, 5.74) is 11.2. The minimum Gasteiger partial charge on any atom is -0.309 e. The molecule has 0 saturated carbocycles. The standard InChI is InChI=1S/C35H25N3/c1-35(2)30-10-3-5-12-32(30)38(33-13-6-4-11-31(33)35)34-28(26-18-14-24(22-36)15-19-26)8-7-9-29(34)27-20-16-25(23-37)17-21-27/h3-21H,1-2H3. The van der Waals surface area contributed by atoms with Crippen LogP contribution in [0.25, 0.3) is 22.3 Å². The molecule has 0 radical (unpaired) electrons. The zero-order valence-corrected chi connectivity index (χ0v) is 21.3. The molecule has 0 aromatic heterocycles. The molecule has 0 N–H and O–H groups in total. The predicted molar refractivity (Wildman–Crippen MR) is 154 cm³/mol. The van der Waals surface area contributed by atoms with E-state index in [1.165, 1.54) is 11.1 Å². The highest BCUT2D eigenvalue weighted by molar-refractivity contribution is 6.00. The number of benzene rings is 5. The summed E-state index contributed by atoms with van der Waals surface area (Å²) in [6, 6.07) is 43.7. The van der Waals surface area contributed by atoms with Crippen LogP contribution in [0.5, 0.6) is 0 Å². The molecular weight excluding hydrogens is 462 g/mol. The zero-order chi connectivity index (χ0) is 26.3. The Bertz CT molecular complexity index is 1620. The van der Waals surface area contributed by atoms with Gasteiger partial charge in [0.05, 0.1) is 40.3 Å². The Morgan fingerprint density at radius 3 is 1.37 bits per heavy atom. The van der Waals surface area contributed by atoms with Gasteiger partial charge < -0.3 is 4.90 Å². The van der Waals surface area contributed by atoms with Gasteiger partial charge in [-0.2, -0.15) is 10.5 Å². The van der Waals surface area contributed by atoms with Gasteiger partial charge in [-0.25, -0.2) is 0 Å². The number of nitriles is 2. The first kappa shape index (κ1) is 23.3. The van der Waals surface area contributed by atoms with Gasteiger partial charge in [-0.1, -0.05) is 92.7 Å². The maximum atomic E-state index is 9.38. The lowest BCUT2D eigenvalue weighted by Gasteiger charge is -2.43.